The second-order valence-corrected chi connectivity index (χ2v) is 7.44. The van der Waals surface area contributed by atoms with Gasteiger partial charge in [0.15, 0.2) is 5.96 Å². The van der Waals surface area contributed by atoms with Crippen molar-refractivity contribution < 1.29 is 9.53 Å². The fourth-order valence-corrected chi connectivity index (χ4v) is 2.40. The lowest BCUT2D eigenvalue weighted by Crippen LogP contribution is -2.43. The zero-order chi connectivity index (χ0) is 18.2. The lowest BCUT2D eigenvalue weighted by molar-refractivity contribution is 0.0529. The number of amides is 1. The van der Waals surface area contributed by atoms with E-state index in [0.29, 0.717) is 19.1 Å². The van der Waals surface area contributed by atoms with Gasteiger partial charge in [0.25, 0.3) is 0 Å². The molecule has 1 rings (SSSR count). The fourth-order valence-electron chi connectivity index (χ4n) is 2.40. The number of aliphatic imine (C=N–C) groups is 1. The number of alkyl carbamates (subject to hydrolysis) is 1. The summed E-state index contributed by atoms with van der Waals surface area (Å²) >= 11 is 0. The first kappa shape index (κ1) is 20.5. The lowest BCUT2D eigenvalue weighted by atomic mass is 10.2. The number of hydrogen-bond acceptors (Lipinski definition) is 4. The van der Waals surface area contributed by atoms with Gasteiger partial charge in [-0.1, -0.05) is 0 Å². The number of likely N-dealkylation sites (N-methyl/N-ethyl adjacent to an activating group) is 1. The molecule has 0 bridgehead atoms. The van der Waals surface area contributed by atoms with Crippen LogP contribution in [0.15, 0.2) is 4.99 Å². The molecule has 3 N–H and O–H groups in total. The molecule has 1 amide bonds. The van der Waals surface area contributed by atoms with E-state index in [9.17, 15) is 4.79 Å². The van der Waals surface area contributed by atoms with Crippen molar-refractivity contribution in [1.29, 1.82) is 0 Å². The van der Waals surface area contributed by atoms with Crippen molar-refractivity contribution in [3.63, 3.8) is 0 Å². The molecule has 1 saturated carbocycles. The second kappa shape index (κ2) is 9.71. The van der Waals surface area contributed by atoms with Gasteiger partial charge < -0.3 is 25.6 Å². The Balaban J connectivity index is 2.34. The van der Waals surface area contributed by atoms with Crippen molar-refractivity contribution in [2.45, 2.75) is 52.2 Å². The SMILES string of the molecule is CCNC(=NCC(C1CC1)N(C)C)NCCNC(=O)OC(C)(C)C. The number of hydrogen-bond donors (Lipinski definition) is 3. The Morgan fingerprint density at radius 1 is 1.21 bits per heavy atom. The van der Waals surface area contributed by atoms with Crippen LogP contribution in [0.25, 0.3) is 0 Å². The number of guanidine groups is 1. The number of nitrogens with zero attached hydrogens (tertiary/aromatic N) is 2. The average molecular weight is 342 g/mol. The molecule has 24 heavy (non-hydrogen) atoms. The predicted octanol–water partition coefficient (Wildman–Crippen LogP) is 1.41. The number of ether oxygens (including phenoxy) is 1. The molecule has 1 atom stereocenters. The lowest BCUT2D eigenvalue weighted by Gasteiger charge is -2.23. The molecule has 0 aromatic heterocycles. The monoisotopic (exact) mass is 341 g/mol. The molecule has 1 fully saturated rings. The maximum absolute atomic E-state index is 11.6. The van der Waals surface area contributed by atoms with Crippen LogP contribution in [-0.4, -0.2) is 68.9 Å². The van der Waals surface area contributed by atoms with Crippen LogP contribution in [0.1, 0.15) is 40.5 Å². The van der Waals surface area contributed by atoms with Gasteiger partial charge in [-0.3, -0.25) is 4.99 Å². The number of nitrogens with one attached hydrogen (secondary N) is 3. The summed E-state index contributed by atoms with van der Waals surface area (Å²) in [4.78, 5) is 18.5. The zero-order valence-electron chi connectivity index (χ0n) is 16.1. The maximum Gasteiger partial charge on any atom is 0.407 e. The Bertz CT molecular complexity index is 412. The Labute approximate surface area is 146 Å². The van der Waals surface area contributed by atoms with E-state index in [-0.39, 0.29) is 0 Å². The van der Waals surface area contributed by atoms with Gasteiger partial charge in [0, 0.05) is 25.7 Å². The van der Waals surface area contributed by atoms with E-state index in [1.807, 2.05) is 27.7 Å². The number of carbonyl (C=O) groups is 1. The first-order valence-electron chi connectivity index (χ1n) is 8.88. The molecule has 0 aliphatic heterocycles. The highest BCUT2D eigenvalue weighted by molar-refractivity contribution is 5.79. The minimum atomic E-state index is -0.474. The van der Waals surface area contributed by atoms with Crippen LogP contribution in [0, 0.1) is 5.92 Å². The third-order valence-corrected chi connectivity index (χ3v) is 3.70. The highest BCUT2D eigenvalue weighted by Gasteiger charge is 2.32. The summed E-state index contributed by atoms with van der Waals surface area (Å²) in [5, 5.41) is 9.21. The van der Waals surface area contributed by atoms with Crippen molar-refractivity contribution in [3.05, 3.63) is 0 Å². The van der Waals surface area contributed by atoms with Crippen molar-refractivity contribution in [2.75, 3.05) is 40.3 Å². The third-order valence-electron chi connectivity index (χ3n) is 3.70. The van der Waals surface area contributed by atoms with Gasteiger partial charge in [0.2, 0.25) is 0 Å². The summed E-state index contributed by atoms with van der Waals surface area (Å²) in [6.07, 6.45) is 2.22. The van der Waals surface area contributed by atoms with Gasteiger partial charge in [0.05, 0.1) is 6.54 Å². The smallest absolute Gasteiger partial charge is 0.407 e. The highest BCUT2D eigenvalue weighted by atomic mass is 16.6. The largest absolute Gasteiger partial charge is 0.444 e. The average Bonchev–Trinajstić information content (AvgIpc) is 3.26. The van der Waals surface area contributed by atoms with Gasteiger partial charge in [-0.05, 0) is 60.5 Å². The van der Waals surface area contributed by atoms with Crippen LogP contribution in [0.3, 0.4) is 0 Å². The van der Waals surface area contributed by atoms with Gasteiger partial charge in [-0.15, -0.1) is 0 Å². The maximum atomic E-state index is 11.6. The summed E-state index contributed by atoms with van der Waals surface area (Å²) in [5.41, 5.74) is -0.474. The van der Waals surface area contributed by atoms with Crippen LogP contribution >= 0.6 is 0 Å². The summed E-state index contributed by atoms with van der Waals surface area (Å²) in [7, 11) is 4.23. The molecule has 0 radical (unpaired) electrons. The van der Waals surface area contributed by atoms with Crippen molar-refractivity contribution >= 4 is 12.1 Å². The van der Waals surface area contributed by atoms with E-state index in [0.717, 1.165) is 25.0 Å². The quantitative estimate of drug-likeness (QED) is 0.353. The summed E-state index contributed by atoms with van der Waals surface area (Å²) < 4.78 is 5.20. The van der Waals surface area contributed by atoms with Gasteiger partial charge in [-0.2, -0.15) is 0 Å². The minimum Gasteiger partial charge on any atom is -0.444 e. The molecule has 0 aromatic rings. The van der Waals surface area contributed by atoms with Crippen LogP contribution in [0.5, 0.6) is 0 Å². The van der Waals surface area contributed by atoms with Crippen molar-refractivity contribution in [3.8, 4) is 0 Å². The molecule has 0 spiro atoms. The van der Waals surface area contributed by atoms with E-state index in [1.54, 1.807) is 0 Å². The molecule has 1 aliphatic rings. The zero-order valence-corrected chi connectivity index (χ0v) is 16.1. The van der Waals surface area contributed by atoms with E-state index < -0.39 is 11.7 Å². The van der Waals surface area contributed by atoms with Crippen LogP contribution in [0.4, 0.5) is 4.79 Å². The van der Waals surface area contributed by atoms with Gasteiger partial charge in [0.1, 0.15) is 5.60 Å². The van der Waals surface area contributed by atoms with E-state index in [2.05, 4.69) is 39.9 Å². The minimum absolute atomic E-state index is 0.396. The molecule has 7 nitrogen and oxygen atoms in total. The first-order valence-corrected chi connectivity index (χ1v) is 8.88. The van der Waals surface area contributed by atoms with E-state index >= 15 is 0 Å². The molecule has 1 aliphatic carbocycles. The molecule has 7 heteroatoms. The van der Waals surface area contributed by atoms with Crippen LogP contribution < -0.4 is 16.0 Å². The molecular formula is C17H35N5O2. The Morgan fingerprint density at radius 3 is 2.33 bits per heavy atom. The van der Waals surface area contributed by atoms with Crippen molar-refractivity contribution in [1.82, 2.24) is 20.9 Å². The van der Waals surface area contributed by atoms with Gasteiger partial charge in [-0.25, -0.2) is 4.79 Å². The second-order valence-electron chi connectivity index (χ2n) is 7.44. The Morgan fingerprint density at radius 2 is 1.83 bits per heavy atom. The predicted molar refractivity (Wildman–Crippen MR) is 98.4 cm³/mol. The Hall–Kier alpha value is -1.50. The summed E-state index contributed by atoms with van der Waals surface area (Å²) in [6.45, 7) is 10.3. The van der Waals surface area contributed by atoms with Crippen LogP contribution in [0.2, 0.25) is 0 Å². The first-order chi connectivity index (χ1) is 11.2. The highest BCUT2D eigenvalue weighted by Crippen LogP contribution is 2.34. The molecular weight excluding hydrogens is 306 g/mol. The summed E-state index contributed by atoms with van der Waals surface area (Å²) in [5.74, 6) is 1.57. The fraction of sp³-hybridized carbons (Fsp3) is 0.882. The molecule has 0 heterocycles. The molecule has 140 valence electrons. The third kappa shape index (κ3) is 8.96. The number of rotatable bonds is 8. The van der Waals surface area contributed by atoms with Crippen molar-refractivity contribution in [2.24, 2.45) is 10.9 Å². The van der Waals surface area contributed by atoms with Crippen LogP contribution in [-0.2, 0) is 4.74 Å². The van der Waals surface area contributed by atoms with E-state index in [4.69, 9.17) is 4.74 Å². The Kier molecular flexibility index (Phi) is 8.31. The standard InChI is InChI=1S/C17H35N5O2/c1-7-18-15(21-12-14(22(5)6)13-8-9-13)19-10-11-20-16(23)24-17(2,3)4/h13-14H,7-12H2,1-6H3,(H,20,23)(H2,18,19,21). The van der Waals surface area contributed by atoms with E-state index in [1.165, 1.54) is 12.8 Å². The summed E-state index contributed by atoms with van der Waals surface area (Å²) in [6, 6.07) is 0.500. The number of carbonyl (C=O) groups excluding carboxylic acids is 1. The van der Waals surface area contributed by atoms with Gasteiger partial charge >= 0.3 is 6.09 Å². The normalized spacial score (nSPS) is 16.7. The molecule has 1 unspecified atom stereocenters. The topological polar surface area (TPSA) is 78.0 Å². The molecule has 0 saturated heterocycles. The molecule has 0 aromatic carbocycles.